The van der Waals surface area contributed by atoms with Crippen molar-refractivity contribution in [2.45, 2.75) is 19.8 Å². The summed E-state index contributed by atoms with van der Waals surface area (Å²) < 4.78 is 0. The molecule has 2 nitrogen and oxygen atoms in total. The molecule has 1 aromatic rings. The fraction of sp³-hybridized carbons (Fsp3) is 0.364. The Morgan fingerprint density at radius 2 is 1.93 bits per heavy atom. The normalized spacial score (nSPS) is 11.5. The molecule has 0 radical (unpaired) electrons. The summed E-state index contributed by atoms with van der Waals surface area (Å²) in [6, 6.07) is 9.88. The van der Waals surface area contributed by atoms with Gasteiger partial charge in [-0.25, -0.2) is 0 Å². The van der Waals surface area contributed by atoms with E-state index in [4.69, 9.17) is 0 Å². The molecule has 0 amide bonds. The van der Waals surface area contributed by atoms with E-state index in [9.17, 15) is 9.90 Å². The predicted molar refractivity (Wildman–Crippen MR) is 48.9 cm³/mol. The van der Waals surface area contributed by atoms with Gasteiger partial charge < -0.3 is 9.90 Å². The van der Waals surface area contributed by atoms with Crippen LogP contribution in [0.1, 0.15) is 18.9 Å². The van der Waals surface area contributed by atoms with Gasteiger partial charge in [0.1, 0.15) is 0 Å². The van der Waals surface area contributed by atoms with Crippen molar-refractivity contribution in [3.63, 3.8) is 0 Å². The maximum Gasteiger partial charge on any atom is 1.00 e. The number of carboxylic acids is 1. The zero-order valence-corrected chi connectivity index (χ0v) is 10.7. The first kappa shape index (κ1) is 13.7. The van der Waals surface area contributed by atoms with E-state index in [0.29, 0.717) is 0 Å². The van der Waals surface area contributed by atoms with Crippen molar-refractivity contribution in [3.8, 4) is 0 Å². The minimum atomic E-state index is -0.969. The Balaban J connectivity index is 0.00000169. The van der Waals surface area contributed by atoms with E-state index < -0.39 is 5.97 Å². The molecule has 70 valence electrons. The summed E-state index contributed by atoms with van der Waals surface area (Å²) >= 11 is 0. The van der Waals surface area contributed by atoms with Crippen LogP contribution in [0.25, 0.3) is 0 Å². The molecule has 1 aromatic carbocycles. The van der Waals surface area contributed by atoms with Crippen molar-refractivity contribution in [3.05, 3.63) is 35.9 Å². The summed E-state index contributed by atoms with van der Waals surface area (Å²) in [6.07, 6.45) is 0.934. The van der Waals surface area contributed by atoms with E-state index in [2.05, 4.69) is 0 Å². The first-order chi connectivity index (χ1) is 6.18. The molecule has 0 aliphatic carbocycles. The Hall–Kier alpha value is -0.310. The van der Waals surface area contributed by atoms with Gasteiger partial charge in [-0.2, -0.15) is 0 Å². The van der Waals surface area contributed by atoms with Crippen LogP contribution in [0.5, 0.6) is 0 Å². The molecule has 0 bridgehead atoms. The monoisotopic (exact) mass is 200 g/mol. The van der Waals surface area contributed by atoms with Crippen LogP contribution in [0.3, 0.4) is 0 Å². The molecule has 0 aliphatic heterocycles. The van der Waals surface area contributed by atoms with Gasteiger partial charge in [0, 0.05) is 5.97 Å². The third-order valence-corrected chi connectivity index (χ3v) is 1.94. The van der Waals surface area contributed by atoms with Crippen molar-refractivity contribution in [1.82, 2.24) is 0 Å². The standard InChI is InChI=1S/C11H14O2.Na/c1-9(8-11(12)13)7-10-5-3-2-4-6-10;/h2-6,9H,7-8H2,1H3,(H,12,13);/q;+1/p-1. The van der Waals surface area contributed by atoms with E-state index in [1.54, 1.807) is 0 Å². The average Bonchev–Trinajstić information content (AvgIpc) is 2.04. The number of carbonyl (C=O) groups excluding carboxylic acids is 1. The molecule has 0 saturated carbocycles. The average molecular weight is 200 g/mol. The molecule has 0 N–H and O–H groups in total. The quantitative estimate of drug-likeness (QED) is 0.528. The Labute approximate surface area is 107 Å². The van der Waals surface area contributed by atoms with E-state index >= 15 is 0 Å². The van der Waals surface area contributed by atoms with Crippen molar-refractivity contribution in [2.75, 3.05) is 0 Å². The molecule has 0 spiro atoms. The van der Waals surface area contributed by atoms with Crippen molar-refractivity contribution < 1.29 is 39.5 Å². The van der Waals surface area contributed by atoms with Gasteiger partial charge in [-0.05, 0) is 24.3 Å². The third-order valence-electron chi connectivity index (χ3n) is 1.94. The minimum absolute atomic E-state index is 0. The Morgan fingerprint density at radius 3 is 2.43 bits per heavy atom. The summed E-state index contributed by atoms with van der Waals surface area (Å²) in [5, 5.41) is 10.3. The van der Waals surface area contributed by atoms with Crippen molar-refractivity contribution in [1.29, 1.82) is 0 Å². The minimum Gasteiger partial charge on any atom is -0.550 e. The van der Waals surface area contributed by atoms with Gasteiger partial charge >= 0.3 is 29.6 Å². The fourth-order valence-corrected chi connectivity index (χ4v) is 1.37. The molecule has 0 saturated heterocycles. The van der Waals surface area contributed by atoms with E-state index in [0.717, 1.165) is 6.42 Å². The van der Waals surface area contributed by atoms with E-state index in [-0.39, 0.29) is 41.9 Å². The van der Waals surface area contributed by atoms with Crippen LogP contribution in [0.2, 0.25) is 0 Å². The first-order valence-electron chi connectivity index (χ1n) is 4.42. The van der Waals surface area contributed by atoms with Gasteiger partial charge in [-0.3, -0.25) is 0 Å². The molecule has 0 aromatic heterocycles. The molecule has 1 rings (SSSR count). The van der Waals surface area contributed by atoms with Crippen LogP contribution in [-0.2, 0) is 11.2 Å². The second-order valence-electron chi connectivity index (χ2n) is 3.37. The largest absolute Gasteiger partial charge is 1.00 e. The fourth-order valence-electron chi connectivity index (χ4n) is 1.37. The van der Waals surface area contributed by atoms with Gasteiger partial charge in [0.15, 0.2) is 0 Å². The molecule has 14 heavy (non-hydrogen) atoms. The number of benzene rings is 1. The molecule has 1 atom stereocenters. The van der Waals surface area contributed by atoms with Crippen molar-refractivity contribution in [2.24, 2.45) is 5.92 Å². The summed E-state index contributed by atoms with van der Waals surface area (Å²) in [5.41, 5.74) is 1.18. The molecule has 0 fully saturated rings. The van der Waals surface area contributed by atoms with Gasteiger partial charge in [-0.1, -0.05) is 37.3 Å². The Kier molecular flexibility index (Phi) is 6.89. The summed E-state index contributed by atoms with van der Waals surface area (Å²) in [7, 11) is 0. The second kappa shape index (κ2) is 7.04. The summed E-state index contributed by atoms with van der Waals surface area (Å²) in [5.74, 6) is -0.823. The zero-order chi connectivity index (χ0) is 9.68. The number of hydrogen-bond donors (Lipinski definition) is 0. The predicted octanol–water partition coefficient (Wildman–Crippen LogP) is -1.99. The summed E-state index contributed by atoms with van der Waals surface area (Å²) in [4.78, 5) is 10.3. The number of hydrogen-bond acceptors (Lipinski definition) is 2. The maximum atomic E-state index is 10.3. The number of carbonyl (C=O) groups is 1. The Morgan fingerprint density at radius 1 is 1.36 bits per heavy atom. The third kappa shape index (κ3) is 5.43. The van der Waals surface area contributed by atoms with Gasteiger partial charge in [0.25, 0.3) is 0 Å². The van der Waals surface area contributed by atoms with Crippen molar-refractivity contribution >= 4 is 5.97 Å². The molecule has 1 unspecified atom stereocenters. The van der Waals surface area contributed by atoms with Crippen LogP contribution in [0.15, 0.2) is 30.3 Å². The zero-order valence-electron chi connectivity index (χ0n) is 8.69. The van der Waals surface area contributed by atoms with Crippen LogP contribution in [-0.4, -0.2) is 5.97 Å². The molecule has 0 heterocycles. The van der Waals surface area contributed by atoms with Crippen LogP contribution < -0.4 is 34.7 Å². The van der Waals surface area contributed by atoms with Gasteiger partial charge in [0.05, 0.1) is 0 Å². The number of rotatable bonds is 4. The maximum absolute atomic E-state index is 10.3. The van der Waals surface area contributed by atoms with Crippen LogP contribution in [0, 0.1) is 5.92 Å². The van der Waals surface area contributed by atoms with Crippen LogP contribution in [0.4, 0.5) is 0 Å². The second-order valence-corrected chi connectivity index (χ2v) is 3.37. The number of carboxylic acid groups (broad SMARTS) is 1. The summed E-state index contributed by atoms with van der Waals surface area (Å²) in [6.45, 7) is 1.92. The molecule has 3 heteroatoms. The SMILES string of the molecule is CC(CC(=O)[O-])Cc1ccccc1.[Na+]. The molecular formula is C11H13NaO2. The molecule has 0 aliphatic rings. The Bertz CT molecular complexity index is 272. The number of aliphatic carboxylic acids is 1. The van der Waals surface area contributed by atoms with E-state index in [1.165, 1.54) is 5.56 Å². The smallest absolute Gasteiger partial charge is 0.550 e. The molecular weight excluding hydrogens is 187 g/mol. The first-order valence-corrected chi connectivity index (χ1v) is 4.42. The van der Waals surface area contributed by atoms with Gasteiger partial charge in [0.2, 0.25) is 0 Å². The topological polar surface area (TPSA) is 40.1 Å². The van der Waals surface area contributed by atoms with Gasteiger partial charge in [-0.15, -0.1) is 0 Å². The van der Waals surface area contributed by atoms with Crippen LogP contribution >= 0.6 is 0 Å². The van der Waals surface area contributed by atoms with E-state index in [1.807, 2.05) is 37.3 Å².